The molecule has 3 aromatic rings. The van der Waals surface area contributed by atoms with E-state index in [0.29, 0.717) is 45.4 Å². The van der Waals surface area contributed by atoms with Gasteiger partial charge >= 0.3 is 5.97 Å². The zero-order valence-electron chi connectivity index (χ0n) is 19.2. The highest BCUT2D eigenvalue weighted by Crippen LogP contribution is 2.49. The Labute approximate surface area is 210 Å². The van der Waals surface area contributed by atoms with Crippen molar-refractivity contribution in [2.45, 2.75) is 12.3 Å². The fraction of sp³-hybridized carbons (Fsp3) is 0.185. The third-order valence-electron chi connectivity index (χ3n) is 6.05. The van der Waals surface area contributed by atoms with Crippen molar-refractivity contribution >= 4 is 33.8 Å². The third-order valence-corrected chi connectivity index (χ3v) is 6.55. The smallest absolute Gasteiger partial charge is 0.312 e. The second kappa shape index (κ2) is 9.11. The van der Waals surface area contributed by atoms with Crippen molar-refractivity contribution in [3.8, 4) is 28.7 Å². The number of rotatable bonds is 5. The van der Waals surface area contributed by atoms with Crippen molar-refractivity contribution in [1.82, 2.24) is 0 Å². The molecule has 1 atom stereocenters. The summed E-state index contributed by atoms with van der Waals surface area (Å²) in [5.41, 5.74) is 2.59. The molecule has 3 aromatic carbocycles. The quantitative estimate of drug-likeness (QED) is 0.241. The molecule has 0 bridgehead atoms. The van der Waals surface area contributed by atoms with Gasteiger partial charge in [-0.3, -0.25) is 9.59 Å². The molecule has 178 valence electrons. The highest BCUT2D eigenvalue weighted by Gasteiger charge is 2.38. The Morgan fingerprint density at radius 3 is 2.37 bits per heavy atom. The van der Waals surface area contributed by atoms with E-state index in [1.54, 1.807) is 30.3 Å². The van der Waals surface area contributed by atoms with Crippen molar-refractivity contribution in [2.75, 3.05) is 21.3 Å². The molecule has 35 heavy (non-hydrogen) atoms. The number of Topliss-reactive ketones (excluding diaryl/α,β-unsaturated/α-hetero) is 1. The lowest BCUT2D eigenvalue weighted by molar-refractivity contribution is -0.135. The fourth-order valence-electron chi connectivity index (χ4n) is 4.42. The predicted molar refractivity (Wildman–Crippen MR) is 132 cm³/mol. The Bertz CT molecular complexity index is 1390. The van der Waals surface area contributed by atoms with Gasteiger partial charge in [-0.1, -0.05) is 28.1 Å². The van der Waals surface area contributed by atoms with E-state index < -0.39 is 0 Å². The molecule has 0 saturated carbocycles. The van der Waals surface area contributed by atoms with E-state index in [2.05, 4.69) is 15.9 Å². The summed E-state index contributed by atoms with van der Waals surface area (Å²) >= 11 is 3.50. The van der Waals surface area contributed by atoms with Crippen molar-refractivity contribution in [2.24, 2.45) is 0 Å². The minimum atomic E-state index is -0.336. The Balaban J connectivity index is 1.61. The van der Waals surface area contributed by atoms with E-state index in [4.69, 9.17) is 23.7 Å². The average molecular weight is 537 g/mol. The molecule has 2 aliphatic rings. The molecule has 0 amide bonds. The van der Waals surface area contributed by atoms with Crippen LogP contribution in [0.25, 0.3) is 6.08 Å². The first-order valence-electron chi connectivity index (χ1n) is 10.8. The van der Waals surface area contributed by atoms with Gasteiger partial charge in [0.25, 0.3) is 0 Å². The molecule has 7 nitrogen and oxygen atoms in total. The van der Waals surface area contributed by atoms with E-state index in [1.807, 2.05) is 24.3 Å². The van der Waals surface area contributed by atoms with Crippen molar-refractivity contribution in [1.29, 1.82) is 0 Å². The topological polar surface area (TPSA) is 80.3 Å². The van der Waals surface area contributed by atoms with Crippen LogP contribution in [0.3, 0.4) is 0 Å². The summed E-state index contributed by atoms with van der Waals surface area (Å²) in [7, 11) is 4.60. The molecule has 8 heteroatoms. The molecule has 0 fully saturated rings. The Morgan fingerprint density at radius 2 is 1.66 bits per heavy atom. The molecule has 0 radical (unpaired) electrons. The van der Waals surface area contributed by atoms with Crippen LogP contribution in [0.4, 0.5) is 0 Å². The number of esters is 1. The lowest BCUT2D eigenvalue weighted by atomic mass is 9.85. The number of fused-ring (bicyclic) bond motifs is 3. The third kappa shape index (κ3) is 4.04. The first kappa shape index (κ1) is 23.0. The number of hydrogen-bond donors (Lipinski definition) is 0. The van der Waals surface area contributed by atoms with Crippen LogP contribution in [0.5, 0.6) is 28.7 Å². The Kier molecular flexibility index (Phi) is 5.98. The van der Waals surface area contributed by atoms with Crippen LogP contribution in [0.15, 0.2) is 58.8 Å². The number of carbonyl (C=O) groups is 2. The van der Waals surface area contributed by atoms with Gasteiger partial charge in [0.15, 0.2) is 17.3 Å². The van der Waals surface area contributed by atoms with Gasteiger partial charge in [-0.05, 0) is 42.0 Å². The van der Waals surface area contributed by atoms with Gasteiger partial charge in [-0.2, -0.15) is 0 Å². The molecule has 0 saturated heterocycles. The first-order chi connectivity index (χ1) is 16.9. The van der Waals surface area contributed by atoms with Crippen molar-refractivity contribution in [3.63, 3.8) is 0 Å². The van der Waals surface area contributed by atoms with Gasteiger partial charge in [-0.25, -0.2) is 0 Å². The van der Waals surface area contributed by atoms with Gasteiger partial charge in [0.2, 0.25) is 5.78 Å². The van der Waals surface area contributed by atoms with Crippen LogP contribution in [-0.4, -0.2) is 33.1 Å². The second-order valence-electron chi connectivity index (χ2n) is 8.03. The minimum absolute atomic E-state index is 0.129. The van der Waals surface area contributed by atoms with E-state index in [9.17, 15) is 9.59 Å². The molecular weight excluding hydrogens is 516 g/mol. The van der Waals surface area contributed by atoms with E-state index >= 15 is 0 Å². The molecule has 2 heterocycles. The highest BCUT2D eigenvalue weighted by molar-refractivity contribution is 9.10. The number of ketones is 1. The maximum Gasteiger partial charge on any atom is 0.312 e. The van der Waals surface area contributed by atoms with E-state index in [0.717, 1.165) is 10.0 Å². The standard InChI is InChI=1S/C27H21BrO7/c1-31-20-13-22(33-3)21(32-2)10-15(20)11-23-26(30)17-7-8-19-25(27(17)35-23)18(12-24(29)34-19)14-5-4-6-16(28)9-14/h4-11,13,18H,12H2,1-3H3/b23-11-/t18-/m0/s1. The van der Waals surface area contributed by atoms with Gasteiger partial charge in [0.05, 0.1) is 33.3 Å². The summed E-state index contributed by atoms with van der Waals surface area (Å²) in [6.45, 7) is 0. The summed E-state index contributed by atoms with van der Waals surface area (Å²) < 4.78 is 28.8. The van der Waals surface area contributed by atoms with Crippen LogP contribution >= 0.6 is 15.9 Å². The first-order valence-corrected chi connectivity index (χ1v) is 11.6. The van der Waals surface area contributed by atoms with Gasteiger partial charge < -0.3 is 23.7 Å². The van der Waals surface area contributed by atoms with Crippen molar-refractivity contribution in [3.05, 3.63) is 81.0 Å². The van der Waals surface area contributed by atoms with Crippen molar-refractivity contribution < 1.29 is 33.3 Å². The van der Waals surface area contributed by atoms with E-state index in [-0.39, 0.29) is 29.9 Å². The number of ether oxygens (including phenoxy) is 5. The maximum absolute atomic E-state index is 13.3. The van der Waals surface area contributed by atoms with Gasteiger partial charge in [0, 0.05) is 27.6 Å². The van der Waals surface area contributed by atoms with Crippen LogP contribution in [0.2, 0.25) is 0 Å². The minimum Gasteiger partial charge on any atom is -0.496 e. The summed E-state index contributed by atoms with van der Waals surface area (Å²) in [6.07, 6.45) is 1.75. The Morgan fingerprint density at radius 1 is 0.914 bits per heavy atom. The molecule has 2 aliphatic heterocycles. The normalized spacial score (nSPS) is 17.4. The molecule has 0 aliphatic carbocycles. The maximum atomic E-state index is 13.3. The molecule has 0 spiro atoms. The van der Waals surface area contributed by atoms with Crippen LogP contribution in [0.1, 0.15) is 39.4 Å². The van der Waals surface area contributed by atoms with Crippen LogP contribution in [0, 0.1) is 0 Å². The zero-order chi connectivity index (χ0) is 24.7. The monoisotopic (exact) mass is 536 g/mol. The molecule has 0 aromatic heterocycles. The second-order valence-corrected chi connectivity index (χ2v) is 8.94. The van der Waals surface area contributed by atoms with Crippen LogP contribution in [-0.2, 0) is 4.79 Å². The largest absolute Gasteiger partial charge is 0.496 e. The number of hydrogen-bond acceptors (Lipinski definition) is 7. The fourth-order valence-corrected chi connectivity index (χ4v) is 4.84. The van der Waals surface area contributed by atoms with Gasteiger partial charge in [-0.15, -0.1) is 0 Å². The molecule has 0 N–H and O–H groups in total. The number of halogens is 1. The predicted octanol–water partition coefficient (Wildman–Crippen LogP) is 5.53. The average Bonchev–Trinajstić information content (AvgIpc) is 3.18. The molecule has 0 unspecified atom stereocenters. The number of allylic oxidation sites excluding steroid dienone is 1. The lowest BCUT2D eigenvalue weighted by Gasteiger charge is -2.26. The summed E-state index contributed by atoms with van der Waals surface area (Å²) in [4.78, 5) is 25.7. The number of carbonyl (C=O) groups excluding carboxylic acids is 2. The zero-order valence-corrected chi connectivity index (χ0v) is 20.8. The number of benzene rings is 3. The SMILES string of the molecule is COc1cc(OC)c(OC)cc1/C=C1\Oc2c(ccc3c2[C@H](c2cccc(Br)c2)CC(=O)O3)C1=O. The lowest BCUT2D eigenvalue weighted by Crippen LogP contribution is -2.21. The highest BCUT2D eigenvalue weighted by atomic mass is 79.9. The number of methoxy groups -OCH3 is 3. The summed E-state index contributed by atoms with van der Waals surface area (Å²) in [5, 5.41) is 0. The molecular formula is C27H21BrO7. The summed E-state index contributed by atoms with van der Waals surface area (Å²) in [5.74, 6) is 1.47. The summed E-state index contributed by atoms with van der Waals surface area (Å²) in [6, 6.07) is 14.4. The van der Waals surface area contributed by atoms with Crippen LogP contribution < -0.4 is 23.7 Å². The molecule has 5 rings (SSSR count). The van der Waals surface area contributed by atoms with Gasteiger partial charge in [0.1, 0.15) is 17.2 Å². The Hall–Kier alpha value is -3.78. The van der Waals surface area contributed by atoms with E-state index in [1.165, 1.54) is 21.3 Å².